The molecule has 3 rings (SSSR count). The molecule has 3 aromatic heterocycles. The second-order valence-corrected chi connectivity index (χ2v) is 4.26. The summed E-state index contributed by atoms with van der Waals surface area (Å²) in [6.45, 7) is 0. The van der Waals surface area contributed by atoms with Crippen molar-refractivity contribution in [1.29, 1.82) is 0 Å². The summed E-state index contributed by atoms with van der Waals surface area (Å²) in [5.74, 6) is 0. The van der Waals surface area contributed by atoms with E-state index in [1.165, 1.54) is 0 Å². The molecule has 0 amide bonds. The summed E-state index contributed by atoms with van der Waals surface area (Å²) in [5, 5.41) is 0. The van der Waals surface area contributed by atoms with Crippen molar-refractivity contribution in [1.82, 2.24) is 24.1 Å². The molecule has 0 atom stereocenters. The zero-order chi connectivity index (χ0) is 12.5. The fraction of sp³-hybridized carbons (Fsp3) is 0.154. The van der Waals surface area contributed by atoms with Gasteiger partial charge in [-0.15, -0.1) is 0 Å². The first-order chi connectivity index (χ1) is 8.72. The molecule has 0 radical (unpaired) electrons. The molecule has 5 nitrogen and oxygen atoms in total. The minimum atomic E-state index is 0.860. The van der Waals surface area contributed by atoms with E-state index < -0.39 is 0 Å². The Kier molecular flexibility index (Phi) is 2.44. The number of hydrogen-bond donors (Lipinski definition) is 0. The molecule has 90 valence electrons. The van der Waals surface area contributed by atoms with Crippen LogP contribution in [0.3, 0.4) is 0 Å². The Bertz CT molecular complexity index is 625. The standard InChI is InChI=1S/C13H13N5/c1-17-6-12(14-8-17)10-4-3-5-11(16-10)13-7-18(2)9-15-13/h3-9H,1-2H3. The van der Waals surface area contributed by atoms with E-state index >= 15 is 0 Å². The van der Waals surface area contributed by atoms with Crippen molar-refractivity contribution in [2.45, 2.75) is 0 Å². The largest absolute Gasteiger partial charge is 0.340 e. The van der Waals surface area contributed by atoms with Gasteiger partial charge in [-0.05, 0) is 12.1 Å². The van der Waals surface area contributed by atoms with Crippen LogP contribution in [0, 0.1) is 0 Å². The van der Waals surface area contributed by atoms with Crippen LogP contribution in [0.4, 0.5) is 0 Å². The first-order valence-corrected chi connectivity index (χ1v) is 5.66. The van der Waals surface area contributed by atoms with E-state index in [4.69, 9.17) is 0 Å². The molecule has 0 saturated carbocycles. The second-order valence-electron chi connectivity index (χ2n) is 4.26. The number of rotatable bonds is 2. The summed E-state index contributed by atoms with van der Waals surface area (Å²) in [4.78, 5) is 13.2. The summed E-state index contributed by atoms with van der Waals surface area (Å²) in [7, 11) is 3.89. The van der Waals surface area contributed by atoms with Gasteiger partial charge in [0.25, 0.3) is 0 Å². The van der Waals surface area contributed by atoms with Crippen molar-refractivity contribution in [2.75, 3.05) is 0 Å². The quantitative estimate of drug-likeness (QED) is 0.686. The van der Waals surface area contributed by atoms with Crippen LogP contribution in [0.2, 0.25) is 0 Å². The maximum atomic E-state index is 4.59. The molecule has 0 unspecified atom stereocenters. The van der Waals surface area contributed by atoms with Crippen LogP contribution >= 0.6 is 0 Å². The molecule has 0 aromatic carbocycles. The van der Waals surface area contributed by atoms with Crippen LogP contribution in [-0.4, -0.2) is 24.1 Å². The average molecular weight is 239 g/mol. The van der Waals surface area contributed by atoms with Crippen molar-refractivity contribution in [3.63, 3.8) is 0 Å². The highest BCUT2D eigenvalue weighted by Crippen LogP contribution is 2.19. The summed E-state index contributed by atoms with van der Waals surface area (Å²) >= 11 is 0. The lowest BCUT2D eigenvalue weighted by Gasteiger charge is -1.99. The molecule has 0 N–H and O–H groups in total. The highest BCUT2D eigenvalue weighted by atomic mass is 15.0. The van der Waals surface area contributed by atoms with Gasteiger partial charge in [0.1, 0.15) is 11.4 Å². The van der Waals surface area contributed by atoms with E-state index in [1.54, 1.807) is 12.7 Å². The van der Waals surface area contributed by atoms with Gasteiger partial charge in [-0.2, -0.15) is 0 Å². The highest BCUT2D eigenvalue weighted by Gasteiger charge is 2.06. The second kappa shape index (κ2) is 4.10. The Morgan fingerprint density at radius 2 is 1.28 bits per heavy atom. The smallest absolute Gasteiger partial charge is 0.107 e. The number of hydrogen-bond acceptors (Lipinski definition) is 3. The third-order valence-electron chi connectivity index (χ3n) is 2.68. The summed E-state index contributed by atoms with van der Waals surface area (Å²) in [6.07, 6.45) is 7.43. The topological polar surface area (TPSA) is 48.5 Å². The number of aromatic nitrogens is 5. The van der Waals surface area contributed by atoms with E-state index in [1.807, 2.05) is 53.8 Å². The van der Waals surface area contributed by atoms with Crippen molar-refractivity contribution in [3.05, 3.63) is 43.2 Å². The number of aryl methyl sites for hydroxylation is 2. The summed E-state index contributed by atoms with van der Waals surface area (Å²) < 4.78 is 3.81. The lowest BCUT2D eigenvalue weighted by atomic mass is 10.2. The van der Waals surface area contributed by atoms with Gasteiger partial charge in [-0.1, -0.05) is 6.07 Å². The van der Waals surface area contributed by atoms with Gasteiger partial charge in [0.2, 0.25) is 0 Å². The van der Waals surface area contributed by atoms with E-state index in [-0.39, 0.29) is 0 Å². The first kappa shape index (κ1) is 10.7. The minimum Gasteiger partial charge on any atom is -0.340 e. The van der Waals surface area contributed by atoms with Crippen LogP contribution in [0.15, 0.2) is 43.2 Å². The normalized spacial score (nSPS) is 10.8. The van der Waals surface area contributed by atoms with Gasteiger partial charge in [0.05, 0.1) is 24.0 Å². The third kappa shape index (κ3) is 1.90. The van der Waals surface area contributed by atoms with Crippen molar-refractivity contribution < 1.29 is 0 Å². The molecule has 0 aliphatic rings. The Hall–Kier alpha value is -2.43. The van der Waals surface area contributed by atoms with Gasteiger partial charge in [-0.3, -0.25) is 0 Å². The number of pyridine rings is 1. The Balaban J connectivity index is 2.04. The molecular weight excluding hydrogens is 226 g/mol. The zero-order valence-corrected chi connectivity index (χ0v) is 10.3. The molecule has 0 fully saturated rings. The highest BCUT2D eigenvalue weighted by molar-refractivity contribution is 5.60. The van der Waals surface area contributed by atoms with Crippen molar-refractivity contribution in [2.24, 2.45) is 14.1 Å². The fourth-order valence-electron chi connectivity index (χ4n) is 1.81. The Morgan fingerprint density at radius 3 is 1.67 bits per heavy atom. The van der Waals surface area contributed by atoms with Crippen LogP contribution in [0.5, 0.6) is 0 Å². The Labute approximate surface area is 105 Å². The summed E-state index contributed by atoms with van der Waals surface area (Å²) in [5.41, 5.74) is 3.46. The SMILES string of the molecule is Cn1cnc(-c2cccc(-c3cn(C)cn3)n2)c1. The number of imidazole rings is 2. The van der Waals surface area contributed by atoms with Crippen LogP contribution in [0.25, 0.3) is 22.8 Å². The molecule has 0 bridgehead atoms. The molecule has 0 saturated heterocycles. The Morgan fingerprint density at radius 1 is 0.778 bits per heavy atom. The maximum absolute atomic E-state index is 4.59. The monoisotopic (exact) mass is 239 g/mol. The predicted molar refractivity (Wildman–Crippen MR) is 68.6 cm³/mol. The number of nitrogens with zero attached hydrogens (tertiary/aromatic N) is 5. The molecule has 18 heavy (non-hydrogen) atoms. The van der Waals surface area contributed by atoms with Gasteiger partial charge in [0, 0.05) is 26.5 Å². The van der Waals surface area contributed by atoms with E-state index in [0.29, 0.717) is 0 Å². The van der Waals surface area contributed by atoms with Gasteiger partial charge < -0.3 is 9.13 Å². The molecular formula is C13H13N5. The van der Waals surface area contributed by atoms with E-state index in [2.05, 4.69) is 15.0 Å². The lowest BCUT2D eigenvalue weighted by molar-refractivity contribution is 0.913. The fourth-order valence-corrected chi connectivity index (χ4v) is 1.81. The van der Waals surface area contributed by atoms with Crippen LogP contribution in [-0.2, 0) is 14.1 Å². The van der Waals surface area contributed by atoms with Gasteiger partial charge >= 0.3 is 0 Å². The van der Waals surface area contributed by atoms with Crippen LogP contribution < -0.4 is 0 Å². The first-order valence-electron chi connectivity index (χ1n) is 5.66. The molecule has 0 aliphatic heterocycles. The van der Waals surface area contributed by atoms with Crippen molar-refractivity contribution in [3.8, 4) is 22.8 Å². The average Bonchev–Trinajstić information content (AvgIpc) is 2.98. The molecule has 5 heteroatoms. The van der Waals surface area contributed by atoms with E-state index in [9.17, 15) is 0 Å². The maximum Gasteiger partial charge on any atom is 0.107 e. The van der Waals surface area contributed by atoms with E-state index in [0.717, 1.165) is 22.8 Å². The molecule has 3 aromatic rings. The molecule has 3 heterocycles. The minimum absolute atomic E-state index is 0.860. The van der Waals surface area contributed by atoms with Gasteiger partial charge in [-0.25, -0.2) is 15.0 Å². The van der Waals surface area contributed by atoms with Gasteiger partial charge in [0.15, 0.2) is 0 Å². The lowest BCUT2D eigenvalue weighted by Crippen LogP contribution is -1.88. The molecule has 0 spiro atoms. The summed E-state index contributed by atoms with van der Waals surface area (Å²) in [6, 6.07) is 5.88. The molecule has 0 aliphatic carbocycles. The third-order valence-corrected chi connectivity index (χ3v) is 2.68. The van der Waals surface area contributed by atoms with Crippen LogP contribution in [0.1, 0.15) is 0 Å². The zero-order valence-electron chi connectivity index (χ0n) is 10.3. The van der Waals surface area contributed by atoms with Crippen molar-refractivity contribution >= 4 is 0 Å². The predicted octanol–water partition coefficient (Wildman–Crippen LogP) is 1.88.